The summed E-state index contributed by atoms with van der Waals surface area (Å²) in [5.74, 6) is 0.897. The van der Waals surface area contributed by atoms with Crippen molar-refractivity contribution in [3.8, 4) is 0 Å². The minimum absolute atomic E-state index is 0.104. The average molecular weight is 344 g/mol. The van der Waals surface area contributed by atoms with Crippen LogP contribution in [-0.2, 0) is 0 Å². The number of nitrogens with zero attached hydrogens (tertiary/aromatic N) is 4. The Hall–Kier alpha value is -2.95. The summed E-state index contributed by atoms with van der Waals surface area (Å²) < 4.78 is 1.49. The molecule has 1 fully saturated rings. The van der Waals surface area contributed by atoms with Gasteiger partial charge in [-0.25, -0.2) is 4.98 Å². The molecule has 0 atom stereocenters. The van der Waals surface area contributed by atoms with E-state index in [-0.39, 0.29) is 5.56 Å². The van der Waals surface area contributed by atoms with Crippen molar-refractivity contribution in [2.24, 2.45) is 0 Å². The molecule has 2 aromatic heterocycles. The van der Waals surface area contributed by atoms with Crippen molar-refractivity contribution in [3.63, 3.8) is 0 Å². The lowest BCUT2D eigenvalue weighted by molar-refractivity contribution is 0.726. The van der Waals surface area contributed by atoms with Crippen LogP contribution in [0.5, 0.6) is 0 Å². The zero-order valence-electron chi connectivity index (χ0n) is 14.6. The smallest absolute Gasteiger partial charge is 0.282 e. The lowest BCUT2D eigenvalue weighted by Gasteiger charge is -2.23. The average Bonchev–Trinajstić information content (AvgIpc) is 2.97. The zero-order chi connectivity index (χ0) is 17.5. The maximum Gasteiger partial charge on any atom is 0.282 e. The third-order valence-electron chi connectivity index (χ3n) is 5.26. The van der Waals surface area contributed by atoms with Crippen LogP contribution in [0, 0.1) is 0 Å². The highest BCUT2D eigenvalue weighted by Crippen LogP contribution is 2.28. The van der Waals surface area contributed by atoms with Crippen LogP contribution in [0.4, 0.5) is 5.82 Å². The first kappa shape index (κ1) is 15.3. The number of hydrogen-bond acceptors (Lipinski definition) is 4. The zero-order valence-corrected chi connectivity index (χ0v) is 14.6. The largest absolute Gasteiger partial charge is 0.355 e. The van der Waals surface area contributed by atoms with E-state index in [1.165, 1.54) is 30.2 Å². The molecule has 0 unspecified atom stereocenters. The van der Waals surface area contributed by atoms with Crippen molar-refractivity contribution in [2.75, 3.05) is 18.0 Å². The van der Waals surface area contributed by atoms with Gasteiger partial charge in [0.2, 0.25) is 0 Å². The fourth-order valence-electron chi connectivity index (χ4n) is 3.93. The highest BCUT2D eigenvalue weighted by atomic mass is 16.1. The van der Waals surface area contributed by atoms with Crippen LogP contribution in [0.3, 0.4) is 0 Å². The van der Waals surface area contributed by atoms with E-state index in [1.54, 1.807) is 0 Å². The SMILES string of the molecule is O=c1c2ccccc2nc2c3ccccc3c(N3CCCCCC3)nn12. The standard InChI is InChI=1S/C21H20N4O/c26-21-17-11-5-6-12-18(17)22-19-15-9-3-4-10-16(15)20(23-25(19)21)24-13-7-1-2-8-14-24/h3-6,9-12H,1-2,7-8,13-14H2. The van der Waals surface area contributed by atoms with Gasteiger partial charge in [0.25, 0.3) is 5.56 Å². The minimum atomic E-state index is -0.104. The first-order chi connectivity index (χ1) is 12.8. The van der Waals surface area contributed by atoms with Crippen molar-refractivity contribution in [2.45, 2.75) is 25.7 Å². The first-order valence-electron chi connectivity index (χ1n) is 9.28. The van der Waals surface area contributed by atoms with E-state index < -0.39 is 0 Å². The van der Waals surface area contributed by atoms with Crippen LogP contribution in [-0.4, -0.2) is 27.7 Å². The van der Waals surface area contributed by atoms with E-state index in [9.17, 15) is 4.79 Å². The number of fused-ring (bicyclic) bond motifs is 4. The van der Waals surface area contributed by atoms with Gasteiger partial charge in [0.1, 0.15) is 0 Å². The highest BCUT2D eigenvalue weighted by molar-refractivity contribution is 6.01. The molecular weight excluding hydrogens is 324 g/mol. The normalized spacial score (nSPS) is 15.6. The minimum Gasteiger partial charge on any atom is -0.355 e. The molecule has 5 heteroatoms. The Kier molecular flexibility index (Phi) is 3.59. The second-order valence-corrected chi connectivity index (χ2v) is 6.94. The molecule has 0 bridgehead atoms. The molecule has 0 radical (unpaired) electrons. The number of para-hydroxylation sites is 1. The van der Waals surface area contributed by atoms with E-state index in [0.717, 1.165) is 29.7 Å². The summed E-state index contributed by atoms with van der Waals surface area (Å²) in [4.78, 5) is 20.2. The summed E-state index contributed by atoms with van der Waals surface area (Å²) in [5.41, 5.74) is 1.24. The Morgan fingerprint density at radius 1 is 0.769 bits per heavy atom. The lowest BCUT2D eigenvalue weighted by atomic mass is 10.1. The molecule has 0 aliphatic carbocycles. The van der Waals surface area contributed by atoms with Gasteiger partial charge in [0.05, 0.1) is 10.9 Å². The van der Waals surface area contributed by atoms with Gasteiger partial charge in [-0.2, -0.15) is 4.52 Å². The van der Waals surface area contributed by atoms with Crippen LogP contribution in [0.25, 0.3) is 27.3 Å². The maximum atomic E-state index is 13.1. The highest BCUT2D eigenvalue weighted by Gasteiger charge is 2.18. The summed E-state index contributed by atoms with van der Waals surface area (Å²) in [7, 11) is 0. The summed E-state index contributed by atoms with van der Waals surface area (Å²) in [6.45, 7) is 1.97. The van der Waals surface area contributed by atoms with Gasteiger partial charge in [-0.3, -0.25) is 4.79 Å². The summed E-state index contributed by atoms with van der Waals surface area (Å²) in [6, 6.07) is 15.6. The van der Waals surface area contributed by atoms with Gasteiger partial charge in [-0.15, -0.1) is 5.10 Å². The molecule has 26 heavy (non-hydrogen) atoms. The third kappa shape index (κ3) is 2.35. The maximum absolute atomic E-state index is 13.1. The third-order valence-corrected chi connectivity index (χ3v) is 5.26. The lowest BCUT2D eigenvalue weighted by Crippen LogP contribution is -2.28. The van der Waals surface area contributed by atoms with Crippen molar-refractivity contribution in [1.82, 2.24) is 14.6 Å². The van der Waals surface area contributed by atoms with Crippen LogP contribution in [0.2, 0.25) is 0 Å². The topological polar surface area (TPSA) is 50.5 Å². The van der Waals surface area contributed by atoms with Crippen molar-refractivity contribution >= 4 is 33.1 Å². The Bertz CT molecular complexity index is 1170. The van der Waals surface area contributed by atoms with Crippen molar-refractivity contribution in [3.05, 3.63) is 58.9 Å². The predicted octanol–water partition coefficient (Wildman–Crippen LogP) is 3.78. The number of rotatable bonds is 1. The van der Waals surface area contributed by atoms with Gasteiger partial charge in [0, 0.05) is 23.9 Å². The molecule has 0 N–H and O–H groups in total. The Morgan fingerprint density at radius 3 is 2.19 bits per heavy atom. The molecule has 1 aliphatic heterocycles. The van der Waals surface area contributed by atoms with Gasteiger partial charge < -0.3 is 4.90 Å². The molecule has 1 aliphatic rings. The molecule has 4 aromatic rings. The monoisotopic (exact) mass is 344 g/mol. The molecule has 130 valence electrons. The molecular formula is C21H20N4O. The number of aromatic nitrogens is 3. The van der Waals surface area contributed by atoms with Gasteiger partial charge in [-0.05, 0) is 25.0 Å². The molecule has 0 amide bonds. The Balaban J connectivity index is 1.88. The molecule has 5 nitrogen and oxygen atoms in total. The summed E-state index contributed by atoms with van der Waals surface area (Å²) in [6.07, 6.45) is 4.85. The van der Waals surface area contributed by atoms with Crippen molar-refractivity contribution < 1.29 is 0 Å². The van der Waals surface area contributed by atoms with E-state index in [4.69, 9.17) is 10.1 Å². The quantitative estimate of drug-likeness (QED) is 0.389. The van der Waals surface area contributed by atoms with Crippen LogP contribution >= 0.6 is 0 Å². The van der Waals surface area contributed by atoms with Gasteiger partial charge in [-0.1, -0.05) is 49.2 Å². The second-order valence-electron chi connectivity index (χ2n) is 6.94. The van der Waals surface area contributed by atoms with Crippen molar-refractivity contribution in [1.29, 1.82) is 0 Å². The summed E-state index contributed by atoms with van der Waals surface area (Å²) >= 11 is 0. The molecule has 3 heterocycles. The molecule has 0 spiro atoms. The summed E-state index contributed by atoms with van der Waals surface area (Å²) in [5, 5.41) is 7.43. The molecule has 2 aromatic carbocycles. The predicted molar refractivity (Wildman–Crippen MR) is 105 cm³/mol. The fraction of sp³-hybridized carbons (Fsp3) is 0.286. The van der Waals surface area contributed by atoms with Gasteiger partial charge in [0.15, 0.2) is 11.5 Å². The molecule has 0 saturated carbocycles. The second kappa shape index (κ2) is 6.09. The number of benzene rings is 2. The first-order valence-corrected chi connectivity index (χ1v) is 9.28. The number of hydrogen-bond donors (Lipinski definition) is 0. The van der Waals surface area contributed by atoms with Crippen LogP contribution < -0.4 is 10.5 Å². The Labute approximate surface area is 150 Å². The van der Waals surface area contributed by atoms with Crippen LogP contribution in [0.15, 0.2) is 53.3 Å². The van der Waals surface area contributed by atoms with E-state index >= 15 is 0 Å². The van der Waals surface area contributed by atoms with E-state index in [0.29, 0.717) is 16.6 Å². The molecule has 5 rings (SSSR count). The fourth-order valence-corrected chi connectivity index (χ4v) is 3.93. The Morgan fingerprint density at radius 2 is 1.42 bits per heavy atom. The number of anilines is 1. The molecule has 1 saturated heterocycles. The van der Waals surface area contributed by atoms with E-state index in [1.807, 2.05) is 42.5 Å². The van der Waals surface area contributed by atoms with Gasteiger partial charge >= 0.3 is 0 Å². The van der Waals surface area contributed by atoms with E-state index in [2.05, 4.69) is 11.0 Å². The van der Waals surface area contributed by atoms with Crippen LogP contribution in [0.1, 0.15) is 25.7 Å².